The topological polar surface area (TPSA) is 70.2 Å². The van der Waals surface area contributed by atoms with Gasteiger partial charge in [-0.05, 0) is 17.7 Å². The predicted octanol–water partition coefficient (Wildman–Crippen LogP) is 0.488. The summed E-state index contributed by atoms with van der Waals surface area (Å²) in [6.45, 7) is 0.342. The van der Waals surface area contributed by atoms with Gasteiger partial charge in [0.25, 0.3) is 10.2 Å². The van der Waals surface area contributed by atoms with Crippen molar-refractivity contribution in [2.75, 3.05) is 17.1 Å². The number of nitrogens with one attached hydrogen (secondary N) is 3. The van der Waals surface area contributed by atoms with Gasteiger partial charge in [0.1, 0.15) is 0 Å². The van der Waals surface area contributed by atoms with Gasteiger partial charge in [0.15, 0.2) is 0 Å². The quantitative estimate of drug-likeness (QED) is 0.635. The van der Waals surface area contributed by atoms with Crippen molar-refractivity contribution in [3.63, 3.8) is 0 Å². The highest BCUT2D eigenvalue weighted by Gasteiger charge is 2.18. The first-order valence-corrected chi connectivity index (χ1v) is 5.67. The number of hydrogen-bond acceptors (Lipinski definition) is 3. The minimum atomic E-state index is -3.35. The van der Waals surface area contributed by atoms with Crippen molar-refractivity contribution >= 4 is 21.6 Å². The van der Waals surface area contributed by atoms with Crippen LogP contribution in [0.1, 0.15) is 5.56 Å². The molecule has 0 saturated carbocycles. The Kier molecular flexibility index (Phi) is 2.09. The van der Waals surface area contributed by atoms with E-state index in [9.17, 15) is 8.42 Å². The van der Waals surface area contributed by atoms with Gasteiger partial charge in [-0.1, -0.05) is 6.07 Å². The van der Waals surface area contributed by atoms with Gasteiger partial charge in [-0.15, -0.1) is 0 Å². The zero-order valence-electron chi connectivity index (χ0n) is 7.66. The van der Waals surface area contributed by atoms with Gasteiger partial charge in [-0.3, -0.25) is 4.72 Å². The number of hydrogen-bond donors (Lipinski definition) is 3. The molecular weight excluding hydrogens is 202 g/mol. The fourth-order valence-electron chi connectivity index (χ4n) is 1.33. The summed E-state index contributed by atoms with van der Waals surface area (Å²) in [5, 5.41) is 2.95. The molecule has 0 spiro atoms. The Labute approximate surface area is 82.7 Å². The monoisotopic (exact) mass is 213 g/mol. The SMILES string of the molecule is CNc1ccc2c(c1)NS(=O)(=O)NC2. The molecule has 1 aromatic carbocycles. The lowest BCUT2D eigenvalue weighted by Crippen LogP contribution is -2.34. The third-order valence-corrected chi connectivity index (χ3v) is 3.11. The fourth-order valence-corrected chi connectivity index (χ4v) is 2.23. The summed E-state index contributed by atoms with van der Waals surface area (Å²) in [5.74, 6) is 0. The van der Waals surface area contributed by atoms with Crippen LogP contribution in [0.2, 0.25) is 0 Å². The molecule has 2 rings (SSSR count). The largest absolute Gasteiger partial charge is 0.388 e. The lowest BCUT2D eigenvalue weighted by Gasteiger charge is -2.19. The Morgan fingerprint density at radius 2 is 2.21 bits per heavy atom. The summed E-state index contributed by atoms with van der Waals surface area (Å²) in [6, 6.07) is 5.56. The summed E-state index contributed by atoms with van der Waals surface area (Å²) < 4.78 is 27.2. The molecule has 1 aliphatic heterocycles. The van der Waals surface area contributed by atoms with Crippen molar-refractivity contribution < 1.29 is 8.42 Å². The zero-order valence-corrected chi connectivity index (χ0v) is 8.48. The van der Waals surface area contributed by atoms with Crippen LogP contribution >= 0.6 is 0 Å². The molecule has 0 atom stereocenters. The second-order valence-electron chi connectivity index (χ2n) is 3.05. The first-order valence-electron chi connectivity index (χ1n) is 4.19. The van der Waals surface area contributed by atoms with Crippen LogP contribution in [0.5, 0.6) is 0 Å². The van der Waals surface area contributed by atoms with E-state index >= 15 is 0 Å². The molecule has 0 bridgehead atoms. The highest BCUT2D eigenvalue weighted by atomic mass is 32.2. The van der Waals surface area contributed by atoms with Crippen LogP contribution in [0.25, 0.3) is 0 Å². The molecule has 1 aromatic rings. The highest BCUT2D eigenvalue weighted by molar-refractivity contribution is 7.90. The van der Waals surface area contributed by atoms with Gasteiger partial charge in [0.05, 0.1) is 5.69 Å². The van der Waals surface area contributed by atoms with E-state index in [1.807, 2.05) is 12.1 Å². The van der Waals surface area contributed by atoms with Crippen LogP contribution in [-0.4, -0.2) is 15.5 Å². The first kappa shape index (κ1) is 9.29. The standard InChI is InChI=1S/C8H11N3O2S/c1-9-7-3-2-6-5-10-14(12,13)11-8(6)4-7/h2-4,9-11H,5H2,1H3. The maximum absolute atomic E-state index is 11.2. The summed E-state index contributed by atoms with van der Waals surface area (Å²) in [6.07, 6.45) is 0. The molecule has 0 unspecified atom stereocenters. The fraction of sp³-hybridized carbons (Fsp3) is 0.250. The second kappa shape index (κ2) is 3.14. The van der Waals surface area contributed by atoms with Crippen LogP contribution < -0.4 is 14.8 Å². The molecule has 5 nitrogen and oxygen atoms in total. The molecule has 0 aromatic heterocycles. The summed E-state index contributed by atoms with van der Waals surface area (Å²) >= 11 is 0. The van der Waals surface area contributed by atoms with Crippen LogP contribution in [0.15, 0.2) is 18.2 Å². The average molecular weight is 213 g/mol. The molecule has 0 aliphatic carbocycles. The van der Waals surface area contributed by atoms with Gasteiger partial charge in [0.2, 0.25) is 0 Å². The van der Waals surface area contributed by atoms with Crippen molar-refractivity contribution in [2.24, 2.45) is 0 Å². The lowest BCUT2D eigenvalue weighted by molar-refractivity contribution is 0.584. The summed E-state index contributed by atoms with van der Waals surface area (Å²) in [5.41, 5.74) is 2.46. The Hall–Kier alpha value is -1.27. The molecular formula is C8H11N3O2S. The highest BCUT2D eigenvalue weighted by Crippen LogP contribution is 2.24. The van der Waals surface area contributed by atoms with Gasteiger partial charge in [-0.2, -0.15) is 13.1 Å². The molecule has 14 heavy (non-hydrogen) atoms. The zero-order chi connectivity index (χ0) is 10.2. The van der Waals surface area contributed by atoms with E-state index in [1.54, 1.807) is 13.1 Å². The molecule has 1 aliphatic rings. The van der Waals surface area contributed by atoms with Crippen LogP contribution in [0, 0.1) is 0 Å². The molecule has 76 valence electrons. The van der Waals surface area contributed by atoms with Gasteiger partial charge in [-0.25, -0.2) is 0 Å². The van der Waals surface area contributed by atoms with E-state index in [4.69, 9.17) is 0 Å². The predicted molar refractivity (Wildman–Crippen MR) is 55.4 cm³/mol. The Bertz CT molecular complexity index is 456. The Morgan fingerprint density at radius 3 is 2.93 bits per heavy atom. The van der Waals surface area contributed by atoms with Gasteiger partial charge >= 0.3 is 0 Å². The van der Waals surface area contributed by atoms with Crippen molar-refractivity contribution in [1.82, 2.24) is 4.72 Å². The smallest absolute Gasteiger partial charge is 0.299 e. The van der Waals surface area contributed by atoms with Gasteiger partial charge < -0.3 is 5.32 Å². The van der Waals surface area contributed by atoms with Crippen LogP contribution in [-0.2, 0) is 16.8 Å². The number of anilines is 2. The second-order valence-corrected chi connectivity index (χ2v) is 4.55. The molecule has 0 saturated heterocycles. The van der Waals surface area contributed by atoms with Crippen molar-refractivity contribution in [3.8, 4) is 0 Å². The van der Waals surface area contributed by atoms with E-state index in [-0.39, 0.29) is 0 Å². The van der Waals surface area contributed by atoms with Crippen molar-refractivity contribution in [3.05, 3.63) is 23.8 Å². The molecule has 6 heteroatoms. The first-order chi connectivity index (χ1) is 6.61. The average Bonchev–Trinajstić information content (AvgIpc) is 2.15. The van der Waals surface area contributed by atoms with Crippen molar-refractivity contribution in [1.29, 1.82) is 0 Å². The molecule has 1 heterocycles. The molecule has 0 amide bonds. The third-order valence-electron chi connectivity index (χ3n) is 2.10. The van der Waals surface area contributed by atoms with E-state index in [2.05, 4.69) is 14.8 Å². The molecule has 0 fully saturated rings. The minimum Gasteiger partial charge on any atom is -0.388 e. The molecule has 0 radical (unpaired) electrons. The maximum Gasteiger partial charge on any atom is 0.299 e. The molecule has 3 N–H and O–H groups in total. The third kappa shape index (κ3) is 1.66. The normalized spacial score (nSPS) is 18.1. The number of rotatable bonds is 1. The maximum atomic E-state index is 11.2. The lowest BCUT2D eigenvalue weighted by atomic mass is 10.1. The van der Waals surface area contributed by atoms with Crippen LogP contribution in [0.4, 0.5) is 11.4 Å². The van der Waals surface area contributed by atoms with E-state index in [0.29, 0.717) is 12.2 Å². The number of benzene rings is 1. The number of fused-ring (bicyclic) bond motifs is 1. The minimum absolute atomic E-state index is 0.342. The van der Waals surface area contributed by atoms with E-state index in [0.717, 1.165) is 11.3 Å². The Morgan fingerprint density at radius 1 is 1.43 bits per heavy atom. The van der Waals surface area contributed by atoms with Crippen LogP contribution in [0.3, 0.4) is 0 Å². The van der Waals surface area contributed by atoms with Gasteiger partial charge in [0, 0.05) is 19.3 Å². The Balaban J connectivity index is 2.44. The van der Waals surface area contributed by atoms with E-state index < -0.39 is 10.2 Å². The van der Waals surface area contributed by atoms with Crippen molar-refractivity contribution in [2.45, 2.75) is 6.54 Å². The van der Waals surface area contributed by atoms with E-state index in [1.165, 1.54) is 0 Å². The summed E-state index contributed by atoms with van der Waals surface area (Å²) in [4.78, 5) is 0. The summed E-state index contributed by atoms with van der Waals surface area (Å²) in [7, 11) is -1.56.